The van der Waals surface area contributed by atoms with Gasteiger partial charge in [-0.25, -0.2) is 4.39 Å². The number of rotatable bonds is 5. The SMILES string of the molecule is COc1ccc(C(=O)N2CCC(c3nnc(C(=O)Nc4ccccc4F)s3)CC2)cc1. The van der Waals surface area contributed by atoms with Crippen LogP contribution in [-0.2, 0) is 0 Å². The molecule has 9 heteroatoms. The first kappa shape index (κ1) is 20.9. The van der Waals surface area contributed by atoms with Crippen LogP contribution in [-0.4, -0.2) is 47.1 Å². The fraction of sp³-hybridized carbons (Fsp3) is 0.273. The number of carbonyl (C=O) groups is 2. The highest BCUT2D eigenvalue weighted by Crippen LogP contribution is 2.31. The van der Waals surface area contributed by atoms with Gasteiger partial charge in [0.15, 0.2) is 0 Å². The summed E-state index contributed by atoms with van der Waals surface area (Å²) in [5, 5.41) is 11.6. The summed E-state index contributed by atoms with van der Waals surface area (Å²) in [4.78, 5) is 26.9. The zero-order chi connectivity index (χ0) is 21.8. The van der Waals surface area contributed by atoms with E-state index in [1.807, 2.05) is 4.90 Å². The van der Waals surface area contributed by atoms with E-state index in [1.165, 1.54) is 23.5 Å². The maximum absolute atomic E-state index is 13.7. The van der Waals surface area contributed by atoms with Gasteiger partial charge < -0.3 is 15.0 Å². The zero-order valence-corrected chi connectivity index (χ0v) is 17.7. The van der Waals surface area contributed by atoms with Gasteiger partial charge in [0, 0.05) is 24.6 Å². The van der Waals surface area contributed by atoms with E-state index in [0.717, 1.165) is 17.8 Å². The number of piperidine rings is 1. The highest BCUT2D eigenvalue weighted by Gasteiger charge is 2.27. The molecule has 2 amide bonds. The number of nitrogens with one attached hydrogen (secondary N) is 1. The van der Waals surface area contributed by atoms with E-state index < -0.39 is 11.7 Å². The number of para-hydroxylation sites is 1. The number of hydrogen-bond donors (Lipinski definition) is 1. The highest BCUT2D eigenvalue weighted by atomic mass is 32.1. The lowest BCUT2D eigenvalue weighted by molar-refractivity contribution is 0.0712. The standard InChI is InChI=1S/C22H21FN4O3S/c1-30-16-8-6-15(7-9-16)22(29)27-12-10-14(11-13-27)20-25-26-21(31-20)19(28)24-18-5-3-2-4-17(18)23/h2-9,14H,10-13H2,1H3,(H,24,28). The van der Waals surface area contributed by atoms with Crippen LogP contribution in [0.1, 0.15) is 43.9 Å². The van der Waals surface area contributed by atoms with Gasteiger partial charge >= 0.3 is 0 Å². The zero-order valence-electron chi connectivity index (χ0n) is 16.9. The molecule has 1 saturated heterocycles. The number of amides is 2. The van der Waals surface area contributed by atoms with Crippen LogP contribution in [0.3, 0.4) is 0 Å². The van der Waals surface area contributed by atoms with Crippen molar-refractivity contribution in [3.8, 4) is 5.75 Å². The number of aromatic nitrogens is 2. The minimum Gasteiger partial charge on any atom is -0.497 e. The maximum atomic E-state index is 13.7. The number of halogens is 1. The second kappa shape index (κ2) is 9.22. The van der Waals surface area contributed by atoms with E-state index in [4.69, 9.17) is 4.74 Å². The second-order valence-electron chi connectivity index (χ2n) is 7.17. The molecular weight excluding hydrogens is 419 g/mol. The van der Waals surface area contributed by atoms with Gasteiger partial charge in [-0.1, -0.05) is 23.5 Å². The van der Waals surface area contributed by atoms with Crippen LogP contribution in [0.25, 0.3) is 0 Å². The van der Waals surface area contributed by atoms with E-state index in [9.17, 15) is 14.0 Å². The normalized spacial score (nSPS) is 14.3. The Morgan fingerprint density at radius 3 is 2.48 bits per heavy atom. The summed E-state index contributed by atoms with van der Waals surface area (Å²) in [6.45, 7) is 1.21. The molecule has 2 heterocycles. The van der Waals surface area contributed by atoms with Crippen molar-refractivity contribution in [2.45, 2.75) is 18.8 Å². The van der Waals surface area contributed by atoms with Crippen molar-refractivity contribution in [2.24, 2.45) is 0 Å². The summed E-state index contributed by atoms with van der Waals surface area (Å²) in [6, 6.07) is 13.0. The monoisotopic (exact) mass is 440 g/mol. The number of benzene rings is 2. The molecule has 0 atom stereocenters. The molecule has 7 nitrogen and oxygen atoms in total. The summed E-state index contributed by atoms with van der Waals surface area (Å²) < 4.78 is 18.9. The Morgan fingerprint density at radius 1 is 1.10 bits per heavy atom. The summed E-state index contributed by atoms with van der Waals surface area (Å²) in [6.07, 6.45) is 1.48. The van der Waals surface area contributed by atoms with E-state index >= 15 is 0 Å². The highest BCUT2D eigenvalue weighted by molar-refractivity contribution is 7.13. The number of nitrogens with zero attached hydrogens (tertiary/aromatic N) is 3. The van der Waals surface area contributed by atoms with Crippen LogP contribution >= 0.6 is 11.3 Å². The molecule has 1 aromatic heterocycles. The van der Waals surface area contributed by atoms with E-state index in [1.54, 1.807) is 43.5 Å². The minimum atomic E-state index is -0.505. The van der Waals surface area contributed by atoms with Gasteiger partial charge in [-0.05, 0) is 49.2 Å². The molecule has 0 radical (unpaired) electrons. The van der Waals surface area contributed by atoms with Gasteiger partial charge in [0.05, 0.1) is 12.8 Å². The predicted octanol–water partition coefficient (Wildman–Crippen LogP) is 3.96. The average Bonchev–Trinajstić information content (AvgIpc) is 3.31. The van der Waals surface area contributed by atoms with Crippen molar-refractivity contribution in [3.63, 3.8) is 0 Å². The number of likely N-dealkylation sites (tertiary alicyclic amines) is 1. The lowest BCUT2D eigenvalue weighted by atomic mass is 9.97. The predicted molar refractivity (Wildman–Crippen MR) is 115 cm³/mol. The van der Waals surface area contributed by atoms with Crippen molar-refractivity contribution in [1.82, 2.24) is 15.1 Å². The van der Waals surface area contributed by atoms with Crippen LogP contribution in [0.5, 0.6) is 5.75 Å². The number of anilines is 1. The van der Waals surface area contributed by atoms with Crippen LogP contribution in [0.15, 0.2) is 48.5 Å². The smallest absolute Gasteiger partial charge is 0.286 e. The Labute approximate surface area is 182 Å². The quantitative estimate of drug-likeness (QED) is 0.649. The van der Waals surface area contributed by atoms with Crippen molar-refractivity contribution in [2.75, 3.05) is 25.5 Å². The number of hydrogen-bond acceptors (Lipinski definition) is 6. The molecule has 1 aliphatic rings. The van der Waals surface area contributed by atoms with Gasteiger partial charge in [0.2, 0.25) is 5.01 Å². The average molecular weight is 441 g/mol. The molecule has 1 aliphatic heterocycles. The van der Waals surface area contributed by atoms with Crippen LogP contribution in [0.2, 0.25) is 0 Å². The Bertz CT molecular complexity index is 1080. The van der Waals surface area contributed by atoms with Crippen molar-refractivity contribution in [3.05, 3.63) is 69.9 Å². The first-order valence-corrected chi connectivity index (χ1v) is 10.7. The third-order valence-corrected chi connectivity index (χ3v) is 6.31. The molecule has 4 rings (SSSR count). The molecule has 160 valence electrons. The number of carbonyl (C=O) groups excluding carboxylic acids is 2. The topological polar surface area (TPSA) is 84.4 Å². The molecule has 31 heavy (non-hydrogen) atoms. The molecule has 0 saturated carbocycles. The molecule has 0 spiro atoms. The third kappa shape index (κ3) is 4.72. The van der Waals surface area contributed by atoms with E-state index in [2.05, 4.69) is 15.5 Å². The molecule has 3 aromatic rings. The first-order valence-electron chi connectivity index (χ1n) is 9.88. The Hall–Kier alpha value is -3.33. The van der Waals surface area contributed by atoms with E-state index in [0.29, 0.717) is 24.4 Å². The van der Waals surface area contributed by atoms with Crippen molar-refractivity contribution >= 4 is 28.8 Å². The fourth-order valence-corrected chi connectivity index (χ4v) is 4.38. The number of methoxy groups -OCH3 is 1. The summed E-state index contributed by atoms with van der Waals surface area (Å²) in [5.74, 6) is -0.160. The Balaban J connectivity index is 1.35. The fourth-order valence-electron chi connectivity index (χ4n) is 3.48. The summed E-state index contributed by atoms with van der Waals surface area (Å²) >= 11 is 1.21. The molecule has 1 fully saturated rings. The van der Waals surface area contributed by atoms with Gasteiger partial charge in [0.25, 0.3) is 11.8 Å². The number of ether oxygens (including phenoxy) is 1. The van der Waals surface area contributed by atoms with Gasteiger partial charge in [0.1, 0.15) is 16.6 Å². The van der Waals surface area contributed by atoms with Crippen LogP contribution in [0.4, 0.5) is 10.1 Å². The molecule has 0 aliphatic carbocycles. The molecular formula is C22H21FN4O3S. The Kier molecular flexibility index (Phi) is 6.22. The molecule has 1 N–H and O–H groups in total. The first-order chi connectivity index (χ1) is 15.0. The lowest BCUT2D eigenvalue weighted by Gasteiger charge is -2.31. The summed E-state index contributed by atoms with van der Waals surface area (Å²) in [7, 11) is 1.59. The lowest BCUT2D eigenvalue weighted by Crippen LogP contribution is -2.37. The maximum Gasteiger partial charge on any atom is 0.286 e. The van der Waals surface area contributed by atoms with E-state index in [-0.39, 0.29) is 22.5 Å². The van der Waals surface area contributed by atoms with Crippen LogP contribution < -0.4 is 10.1 Å². The molecule has 2 aromatic carbocycles. The second-order valence-corrected chi connectivity index (χ2v) is 8.18. The molecule has 0 bridgehead atoms. The van der Waals surface area contributed by atoms with Crippen molar-refractivity contribution < 1.29 is 18.7 Å². The summed E-state index contributed by atoms with van der Waals surface area (Å²) in [5.41, 5.74) is 0.733. The largest absolute Gasteiger partial charge is 0.497 e. The molecule has 0 unspecified atom stereocenters. The van der Waals surface area contributed by atoms with Gasteiger partial charge in [-0.3, -0.25) is 9.59 Å². The van der Waals surface area contributed by atoms with Crippen LogP contribution in [0, 0.1) is 5.82 Å². The third-order valence-electron chi connectivity index (χ3n) is 5.23. The van der Waals surface area contributed by atoms with Crippen molar-refractivity contribution in [1.29, 1.82) is 0 Å². The van der Waals surface area contributed by atoms with Gasteiger partial charge in [-0.2, -0.15) is 0 Å². The van der Waals surface area contributed by atoms with Gasteiger partial charge in [-0.15, -0.1) is 10.2 Å². The Morgan fingerprint density at radius 2 is 1.81 bits per heavy atom. The minimum absolute atomic E-state index is 0.0108.